The summed E-state index contributed by atoms with van der Waals surface area (Å²) in [6.45, 7) is 3.54. The summed E-state index contributed by atoms with van der Waals surface area (Å²) in [5.74, 6) is 0.662. The van der Waals surface area contributed by atoms with Crippen molar-refractivity contribution in [1.29, 1.82) is 0 Å². The molecule has 3 aromatic rings. The summed E-state index contributed by atoms with van der Waals surface area (Å²) in [4.78, 5) is 8.74. The molecule has 2 aromatic carbocycles. The van der Waals surface area contributed by atoms with Crippen LogP contribution in [0.15, 0.2) is 41.0 Å². The van der Waals surface area contributed by atoms with E-state index in [1.807, 2.05) is 13.0 Å². The normalized spacial score (nSPS) is 16.6. The second-order valence-corrected chi connectivity index (χ2v) is 10.2. The summed E-state index contributed by atoms with van der Waals surface area (Å²) in [6.07, 6.45) is 5.51. The van der Waals surface area contributed by atoms with Crippen LogP contribution in [0.4, 0.5) is 21.6 Å². The standard InChI is InChI=1S/C21H24FN5O2S/c1-13-8-15(27-30(2,3)28)10-18-20(13)21(25-12-24-18)26-17-5-4-14(22)9-19(17)29-16-6-7-23-11-16/h4-5,8-10,12,16,23H,6-7,11H2,1-3H3,(H,24,25,26)/t16-/m1/s1. The Morgan fingerprint density at radius 2 is 2.10 bits per heavy atom. The molecule has 1 aliphatic heterocycles. The smallest absolute Gasteiger partial charge is 0.146 e. The van der Waals surface area contributed by atoms with E-state index in [2.05, 4.69) is 25.0 Å². The molecule has 0 aliphatic carbocycles. The van der Waals surface area contributed by atoms with Crippen molar-refractivity contribution in [3.05, 3.63) is 48.0 Å². The van der Waals surface area contributed by atoms with Gasteiger partial charge >= 0.3 is 0 Å². The summed E-state index contributed by atoms with van der Waals surface area (Å²) < 4.78 is 36.2. The lowest BCUT2D eigenvalue weighted by Crippen LogP contribution is -2.20. The van der Waals surface area contributed by atoms with Crippen LogP contribution in [0.5, 0.6) is 5.75 Å². The van der Waals surface area contributed by atoms with E-state index in [0.717, 1.165) is 30.5 Å². The Hall–Kier alpha value is -2.78. The third-order valence-electron chi connectivity index (χ3n) is 4.75. The van der Waals surface area contributed by atoms with Crippen LogP contribution in [0.2, 0.25) is 0 Å². The van der Waals surface area contributed by atoms with E-state index in [4.69, 9.17) is 4.74 Å². The van der Waals surface area contributed by atoms with Gasteiger partial charge in [-0.05, 0) is 49.7 Å². The van der Waals surface area contributed by atoms with Crippen molar-refractivity contribution in [3.8, 4) is 5.75 Å². The highest BCUT2D eigenvalue weighted by atomic mass is 32.2. The number of nitrogens with one attached hydrogen (secondary N) is 2. The fourth-order valence-corrected chi connectivity index (χ4v) is 4.12. The van der Waals surface area contributed by atoms with Gasteiger partial charge in [-0.15, -0.1) is 0 Å². The Morgan fingerprint density at radius 3 is 2.83 bits per heavy atom. The molecule has 158 valence electrons. The first kappa shape index (κ1) is 20.5. The molecule has 30 heavy (non-hydrogen) atoms. The molecule has 4 rings (SSSR count). The van der Waals surface area contributed by atoms with Crippen molar-refractivity contribution in [1.82, 2.24) is 15.3 Å². The molecule has 9 heteroatoms. The van der Waals surface area contributed by atoms with Crippen molar-refractivity contribution in [2.45, 2.75) is 19.4 Å². The maximum Gasteiger partial charge on any atom is 0.146 e. The number of aryl methyl sites for hydroxylation is 1. The van der Waals surface area contributed by atoms with E-state index in [0.29, 0.717) is 28.5 Å². The van der Waals surface area contributed by atoms with Gasteiger partial charge in [-0.25, -0.2) is 18.6 Å². The number of rotatable bonds is 5. The lowest BCUT2D eigenvalue weighted by atomic mass is 10.1. The molecule has 0 spiro atoms. The zero-order chi connectivity index (χ0) is 21.3. The number of hydrogen-bond acceptors (Lipinski definition) is 7. The molecule has 1 aliphatic rings. The minimum absolute atomic E-state index is 0.00153. The molecule has 0 unspecified atom stereocenters. The van der Waals surface area contributed by atoms with Crippen LogP contribution in [0.25, 0.3) is 10.9 Å². The fraction of sp³-hybridized carbons (Fsp3) is 0.333. The third-order valence-corrected chi connectivity index (χ3v) is 5.40. The maximum atomic E-state index is 13.9. The fourth-order valence-electron chi connectivity index (χ4n) is 3.51. The average molecular weight is 430 g/mol. The van der Waals surface area contributed by atoms with E-state index in [1.165, 1.54) is 18.5 Å². The second kappa shape index (κ2) is 8.16. The first-order chi connectivity index (χ1) is 14.3. The summed E-state index contributed by atoms with van der Waals surface area (Å²) in [6, 6.07) is 8.05. The number of benzene rings is 2. The van der Waals surface area contributed by atoms with Crippen molar-refractivity contribution in [2.24, 2.45) is 4.36 Å². The van der Waals surface area contributed by atoms with Crippen LogP contribution in [-0.2, 0) is 9.73 Å². The van der Waals surface area contributed by atoms with E-state index in [9.17, 15) is 8.60 Å². The largest absolute Gasteiger partial charge is 0.487 e. The molecular weight excluding hydrogens is 405 g/mol. The monoisotopic (exact) mass is 429 g/mol. The molecular formula is C21H24FN5O2S. The highest BCUT2D eigenvalue weighted by molar-refractivity contribution is 7.92. The average Bonchev–Trinajstić information content (AvgIpc) is 3.15. The van der Waals surface area contributed by atoms with Crippen molar-refractivity contribution >= 4 is 37.8 Å². The number of hydrogen-bond donors (Lipinski definition) is 2. The topological polar surface area (TPSA) is 88.5 Å². The van der Waals surface area contributed by atoms with Gasteiger partial charge in [-0.3, -0.25) is 0 Å². The highest BCUT2D eigenvalue weighted by Crippen LogP contribution is 2.34. The number of halogens is 1. The van der Waals surface area contributed by atoms with Crippen LogP contribution in [0.1, 0.15) is 12.0 Å². The second-order valence-electron chi connectivity index (χ2n) is 7.65. The molecule has 0 radical (unpaired) electrons. The molecule has 2 N–H and O–H groups in total. The highest BCUT2D eigenvalue weighted by Gasteiger charge is 2.19. The number of aromatic nitrogens is 2. The van der Waals surface area contributed by atoms with E-state index < -0.39 is 9.73 Å². The van der Waals surface area contributed by atoms with Gasteiger partial charge < -0.3 is 15.4 Å². The van der Waals surface area contributed by atoms with Crippen LogP contribution in [-0.4, -0.2) is 45.9 Å². The Bertz CT molecular complexity index is 1210. The van der Waals surface area contributed by atoms with Crippen molar-refractivity contribution in [3.63, 3.8) is 0 Å². The first-order valence-corrected chi connectivity index (χ1v) is 12.0. The van der Waals surface area contributed by atoms with Crippen LogP contribution >= 0.6 is 0 Å². The summed E-state index contributed by atoms with van der Waals surface area (Å²) in [5, 5.41) is 7.33. The lowest BCUT2D eigenvalue weighted by molar-refractivity contribution is 0.223. The molecule has 0 saturated carbocycles. The zero-order valence-corrected chi connectivity index (χ0v) is 17.9. The number of ether oxygens (including phenoxy) is 1. The molecule has 7 nitrogen and oxygen atoms in total. The van der Waals surface area contributed by atoms with Gasteiger partial charge in [-0.2, -0.15) is 4.36 Å². The SMILES string of the molecule is Cc1cc(N=S(C)(C)=O)cc2ncnc(Nc3ccc(F)cc3O[C@@H]3CCNC3)c12. The number of fused-ring (bicyclic) bond motifs is 1. The van der Waals surface area contributed by atoms with Crippen LogP contribution in [0.3, 0.4) is 0 Å². The Morgan fingerprint density at radius 1 is 1.27 bits per heavy atom. The van der Waals surface area contributed by atoms with Gasteiger partial charge in [0.1, 0.15) is 29.8 Å². The molecule has 0 bridgehead atoms. The van der Waals surface area contributed by atoms with Gasteiger partial charge in [0, 0.05) is 40.2 Å². The lowest BCUT2D eigenvalue weighted by Gasteiger charge is -2.18. The van der Waals surface area contributed by atoms with Crippen LogP contribution in [0, 0.1) is 12.7 Å². The Labute approximate surface area is 175 Å². The van der Waals surface area contributed by atoms with Crippen LogP contribution < -0.4 is 15.4 Å². The summed E-state index contributed by atoms with van der Waals surface area (Å²) in [7, 11) is -2.28. The van der Waals surface area contributed by atoms with E-state index >= 15 is 0 Å². The molecule has 1 fully saturated rings. The summed E-state index contributed by atoms with van der Waals surface area (Å²) >= 11 is 0. The van der Waals surface area contributed by atoms with Gasteiger partial charge in [0.05, 0.1) is 16.9 Å². The first-order valence-electron chi connectivity index (χ1n) is 9.65. The van der Waals surface area contributed by atoms with E-state index in [1.54, 1.807) is 24.6 Å². The number of nitrogens with zero attached hydrogens (tertiary/aromatic N) is 3. The maximum absolute atomic E-state index is 13.9. The molecule has 1 atom stereocenters. The Kier molecular flexibility index (Phi) is 5.57. The Balaban J connectivity index is 1.73. The minimum Gasteiger partial charge on any atom is -0.487 e. The quantitative estimate of drug-likeness (QED) is 0.639. The minimum atomic E-state index is -2.28. The van der Waals surface area contributed by atoms with Gasteiger partial charge in [0.2, 0.25) is 0 Å². The molecule has 0 amide bonds. The predicted molar refractivity (Wildman–Crippen MR) is 118 cm³/mol. The molecule has 2 heterocycles. The molecule has 1 aromatic heterocycles. The van der Waals surface area contributed by atoms with E-state index in [-0.39, 0.29) is 11.9 Å². The summed E-state index contributed by atoms with van der Waals surface area (Å²) in [5.41, 5.74) is 2.81. The van der Waals surface area contributed by atoms with Gasteiger partial charge in [-0.1, -0.05) is 0 Å². The predicted octanol–water partition coefficient (Wildman–Crippen LogP) is 3.92. The van der Waals surface area contributed by atoms with Gasteiger partial charge in [0.15, 0.2) is 0 Å². The van der Waals surface area contributed by atoms with Gasteiger partial charge in [0.25, 0.3) is 0 Å². The van der Waals surface area contributed by atoms with Crippen molar-refractivity contribution < 1.29 is 13.3 Å². The zero-order valence-electron chi connectivity index (χ0n) is 17.1. The number of anilines is 2. The molecule has 1 saturated heterocycles. The third kappa shape index (κ3) is 4.68. The van der Waals surface area contributed by atoms with Crippen molar-refractivity contribution in [2.75, 3.05) is 30.9 Å².